The molecule has 1 nitrogen and oxygen atoms in total. The van der Waals surface area contributed by atoms with Gasteiger partial charge in [0.25, 0.3) is 0 Å². The van der Waals surface area contributed by atoms with Crippen molar-refractivity contribution in [3.8, 4) is 11.1 Å². The minimum Gasteiger partial charge on any atom is -0.330 e. The lowest BCUT2D eigenvalue weighted by molar-refractivity contribution is 0.628. The molecule has 0 saturated heterocycles. The van der Waals surface area contributed by atoms with Crippen molar-refractivity contribution in [2.45, 2.75) is 12.3 Å². The van der Waals surface area contributed by atoms with Crippen molar-refractivity contribution in [1.29, 1.82) is 0 Å². The number of hydrogen-bond donors (Lipinski definition) is 1. The van der Waals surface area contributed by atoms with Crippen LogP contribution in [0.5, 0.6) is 0 Å². The molecule has 2 N–H and O–H groups in total. The highest BCUT2D eigenvalue weighted by molar-refractivity contribution is 5.85. The highest BCUT2D eigenvalue weighted by atomic mass is 35.5. The van der Waals surface area contributed by atoms with Gasteiger partial charge in [-0.15, -0.1) is 12.4 Å². The van der Waals surface area contributed by atoms with Crippen LogP contribution in [0.15, 0.2) is 48.5 Å². The SMILES string of the molecule is Cl.NC[C@H]1C[C@@H]1c1ccccc1-c1ccc(F)cc1. The first kappa shape index (κ1) is 14.0. The molecule has 3 rings (SSSR count). The van der Waals surface area contributed by atoms with Gasteiger partial charge < -0.3 is 5.73 Å². The van der Waals surface area contributed by atoms with E-state index in [4.69, 9.17) is 5.73 Å². The van der Waals surface area contributed by atoms with Gasteiger partial charge in [-0.3, -0.25) is 0 Å². The zero-order valence-corrected chi connectivity index (χ0v) is 11.4. The molecule has 1 aliphatic carbocycles. The zero-order chi connectivity index (χ0) is 12.5. The standard InChI is InChI=1S/C16H16FN.ClH/c17-13-7-5-11(6-8-13)14-3-1-2-4-15(14)16-9-12(16)10-18;/h1-8,12,16H,9-10,18H2;1H/t12-,16+;/m1./s1. The van der Waals surface area contributed by atoms with Crippen LogP contribution in [0, 0.1) is 11.7 Å². The second-order valence-corrected chi connectivity index (χ2v) is 4.93. The van der Waals surface area contributed by atoms with Crippen molar-refractivity contribution in [2.75, 3.05) is 6.54 Å². The predicted octanol–water partition coefficient (Wildman–Crippen LogP) is 3.98. The van der Waals surface area contributed by atoms with E-state index in [1.165, 1.54) is 29.7 Å². The first-order chi connectivity index (χ1) is 8.79. The van der Waals surface area contributed by atoms with E-state index in [2.05, 4.69) is 18.2 Å². The molecule has 100 valence electrons. The summed E-state index contributed by atoms with van der Waals surface area (Å²) in [6.45, 7) is 0.752. The summed E-state index contributed by atoms with van der Waals surface area (Å²) in [4.78, 5) is 0. The molecule has 0 radical (unpaired) electrons. The van der Waals surface area contributed by atoms with E-state index in [1.54, 1.807) is 0 Å². The molecule has 0 aromatic heterocycles. The van der Waals surface area contributed by atoms with Gasteiger partial charge in [-0.1, -0.05) is 36.4 Å². The van der Waals surface area contributed by atoms with Crippen LogP contribution in [0.4, 0.5) is 4.39 Å². The fourth-order valence-corrected chi connectivity index (χ4v) is 2.60. The third-order valence-corrected chi connectivity index (χ3v) is 3.74. The number of benzene rings is 2. The zero-order valence-electron chi connectivity index (χ0n) is 10.6. The molecule has 2 aromatic carbocycles. The third-order valence-electron chi connectivity index (χ3n) is 3.74. The Morgan fingerprint density at radius 1 is 1.05 bits per heavy atom. The van der Waals surface area contributed by atoms with E-state index in [9.17, 15) is 4.39 Å². The summed E-state index contributed by atoms with van der Waals surface area (Å²) in [7, 11) is 0. The smallest absolute Gasteiger partial charge is 0.123 e. The van der Waals surface area contributed by atoms with E-state index in [0.717, 1.165) is 12.1 Å². The van der Waals surface area contributed by atoms with E-state index in [-0.39, 0.29) is 18.2 Å². The van der Waals surface area contributed by atoms with Gasteiger partial charge in [0.15, 0.2) is 0 Å². The lowest BCUT2D eigenvalue weighted by atomic mass is 9.96. The summed E-state index contributed by atoms with van der Waals surface area (Å²) in [6, 6.07) is 15.1. The van der Waals surface area contributed by atoms with Gasteiger partial charge in [-0.2, -0.15) is 0 Å². The summed E-state index contributed by atoms with van der Waals surface area (Å²) in [6.07, 6.45) is 1.18. The van der Waals surface area contributed by atoms with Gasteiger partial charge in [0.1, 0.15) is 5.82 Å². The van der Waals surface area contributed by atoms with Crippen molar-refractivity contribution in [2.24, 2.45) is 11.7 Å². The Hall–Kier alpha value is -1.38. The fourth-order valence-electron chi connectivity index (χ4n) is 2.60. The Balaban J connectivity index is 0.00000133. The number of halogens is 2. The van der Waals surface area contributed by atoms with Crippen LogP contribution in [0.3, 0.4) is 0 Å². The molecule has 0 amide bonds. The van der Waals surface area contributed by atoms with Crippen LogP contribution in [-0.2, 0) is 0 Å². The van der Waals surface area contributed by atoms with Crippen LogP contribution in [0.2, 0.25) is 0 Å². The third kappa shape index (κ3) is 2.80. The molecule has 1 saturated carbocycles. The lowest BCUT2D eigenvalue weighted by Gasteiger charge is -2.09. The molecule has 0 bridgehead atoms. The van der Waals surface area contributed by atoms with Gasteiger partial charge in [-0.05, 0) is 53.6 Å². The summed E-state index contributed by atoms with van der Waals surface area (Å²) >= 11 is 0. The van der Waals surface area contributed by atoms with E-state index >= 15 is 0 Å². The first-order valence-electron chi connectivity index (χ1n) is 6.34. The monoisotopic (exact) mass is 277 g/mol. The second-order valence-electron chi connectivity index (χ2n) is 4.93. The van der Waals surface area contributed by atoms with Gasteiger partial charge >= 0.3 is 0 Å². The molecule has 1 fully saturated rings. The first-order valence-corrected chi connectivity index (χ1v) is 6.34. The molecule has 0 aliphatic heterocycles. The van der Waals surface area contributed by atoms with Crippen LogP contribution < -0.4 is 5.73 Å². The fraction of sp³-hybridized carbons (Fsp3) is 0.250. The molecular weight excluding hydrogens is 261 g/mol. The van der Waals surface area contributed by atoms with Crippen LogP contribution in [0.25, 0.3) is 11.1 Å². The normalized spacial score (nSPS) is 20.7. The predicted molar refractivity (Wildman–Crippen MR) is 79.0 cm³/mol. The molecule has 2 atom stereocenters. The van der Waals surface area contributed by atoms with Crippen molar-refractivity contribution in [3.05, 3.63) is 59.9 Å². The molecule has 19 heavy (non-hydrogen) atoms. The van der Waals surface area contributed by atoms with Crippen LogP contribution in [0.1, 0.15) is 17.9 Å². The van der Waals surface area contributed by atoms with Gasteiger partial charge in [0.05, 0.1) is 0 Å². The maximum absolute atomic E-state index is 13.0. The Kier molecular flexibility index (Phi) is 4.23. The van der Waals surface area contributed by atoms with Crippen molar-refractivity contribution in [3.63, 3.8) is 0 Å². The quantitative estimate of drug-likeness (QED) is 0.902. The minimum atomic E-state index is -0.192. The summed E-state index contributed by atoms with van der Waals surface area (Å²) < 4.78 is 13.0. The van der Waals surface area contributed by atoms with Gasteiger partial charge in [-0.25, -0.2) is 4.39 Å². The van der Waals surface area contributed by atoms with Crippen LogP contribution >= 0.6 is 12.4 Å². The molecule has 1 aliphatic rings. The Bertz CT molecular complexity index is 553. The average molecular weight is 278 g/mol. The van der Waals surface area contributed by atoms with Crippen molar-refractivity contribution >= 4 is 12.4 Å². The summed E-state index contributed by atoms with van der Waals surface area (Å²) in [5.74, 6) is 1.00. The highest BCUT2D eigenvalue weighted by Crippen LogP contribution is 2.49. The maximum Gasteiger partial charge on any atom is 0.123 e. The summed E-state index contributed by atoms with van der Waals surface area (Å²) in [5.41, 5.74) is 9.35. The maximum atomic E-state index is 13.0. The largest absolute Gasteiger partial charge is 0.330 e. The molecule has 0 spiro atoms. The minimum absolute atomic E-state index is 0. The van der Waals surface area contributed by atoms with E-state index in [1.807, 2.05) is 18.2 Å². The van der Waals surface area contributed by atoms with Crippen molar-refractivity contribution in [1.82, 2.24) is 0 Å². The number of nitrogens with two attached hydrogens (primary N) is 1. The topological polar surface area (TPSA) is 26.0 Å². The lowest BCUT2D eigenvalue weighted by Crippen LogP contribution is -2.02. The molecular formula is C16H17ClFN. The Morgan fingerprint density at radius 3 is 2.37 bits per heavy atom. The van der Waals surface area contributed by atoms with Gasteiger partial charge in [0, 0.05) is 0 Å². The van der Waals surface area contributed by atoms with Crippen molar-refractivity contribution < 1.29 is 4.39 Å². The number of rotatable bonds is 3. The Morgan fingerprint density at radius 2 is 1.74 bits per heavy atom. The highest BCUT2D eigenvalue weighted by Gasteiger charge is 2.38. The Labute approximate surface area is 119 Å². The molecule has 0 heterocycles. The molecule has 3 heteroatoms. The van der Waals surface area contributed by atoms with Crippen LogP contribution in [-0.4, -0.2) is 6.54 Å². The number of hydrogen-bond acceptors (Lipinski definition) is 1. The average Bonchev–Trinajstić information content (AvgIpc) is 3.19. The molecule has 0 unspecified atom stereocenters. The van der Waals surface area contributed by atoms with E-state index in [0.29, 0.717) is 11.8 Å². The molecule has 2 aromatic rings. The van der Waals surface area contributed by atoms with Gasteiger partial charge in [0.2, 0.25) is 0 Å². The summed E-state index contributed by atoms with van der Waals surface area (Å²) in [5, 5.41) is 0. The second kappa shape index (κ2) is 5.72. The van der Waals surface area contributed by atoms with E-state index < -0.39 is 0 Å².